The molecule has 0 aliphatic carbocycles. The molecule has 5 heteroatoms. The molecule has 0 radical (unpaired) electrons. The SMILES string of the molecule is CNC(=O)C(CC(C)C)NC(=O)C(N)C(C)(C)C. The molecule has 0 bridgehead atoms. The number of hydrogen-bond donors (Lipinski definition) is 3. The maximum Gasteiger partial charge on any atom is 0.242 e. The molecule has 0 spiro atoms. The van der Waals surface area contributed by atoms with E-state index in [2.05, 4.69) is 10.6 Å². The molecule has 0 aromatic rings. The van der Waals surface area contributed by atoms with Crippen molar-refractivity contribution in [1.29, 1.82) is 0 Å². The minimum Gasteiger partial charge on any atom is -0.357 e. The molecular formula is C13H27N3O2. The van der Waals surface area contributed by atoms with Crippen LogP contribution in [0, 0.1) is 11.3 Å². The molecule has 0 rings (SSSR count). The summed E-state index contributed by atoms with van der Waals surface area (Å²) in [5.74, 6) is -0.145. The fourth-order valence-electron chi connectivity index (χ4n) is 1.53. The van der Waals surface area contributed by atoms with Crippen molar-refractivity contribution >= 4 is 11.8 Å². The van der Waals surface area contributed by atoms with Crippen LogP contribution in [-0.2, 0) is 9.59 Å². The van der Waals surface area contributed by atoms with E-state index in [0.717, 1.165) is 0 Å². The van der Waals surface area contributed by atoms with E-state index in [0.29, 0.717) is 12.3 Å². The Bertz CT molecular complexity index is 295. The first-order valence-electron chi connectivity index (χ1n) is 6.37. The average Bonchev–Trinajstić information content (AvgIpc) is 2.23. The summed E-state index contributed by atoms with van der Waals surface area (Å²) >= 11 is 0. The molecule has 2 atom stereocenters. The summed E-state index contributed by atoms with van der Waals surface area (Å²) in [6.07, 6.45) is 0.599. The zero-order chi connectivity index (χ0) is 14.5. The van der Waals surface area contributed by atoms with Gasteiger partial charge in [0.05, 0.1) is 6.04 Å². The Hall–Kier alpha value is -1.10. The zero-order valence-corrected chi connectivity index (χ0v) is 12.3. The monoisotopic (exact) mass is 257 g/mol. The van der Waals surface area contributed by atoms with Crippen molar-refractivity contribution in [2.24, 2.45) is 17.1 Å². The van der Waals surface area contributed by atoms with E-state index in [9.17, 15) is 9.59 Å². The molecule has 0 aliphatic heterocycles. The minimum absolute atomic E-state index is 0.182. The molecule has 18 heavy (non-hydrogen) atoms. The van der Waals surface area contributed by atoms with E-state index >= 15 is 0 Å². The van der Waals surface area contributed by atoms with Crippen molar-refractivity contribution in [2.75, 3.05) is 7.05 Å². The first-order valence-corrected chi connectivity index (χ1v) is 6.37. The number of likely N-dealkylation sites (N-methyl/N-ethyl adjacent to an activating group) is 1. The second-order valence-corrected chi connectivity index (χ2v) is 6.15. The number of hydrogen-bond acceptors (Lipinski definition) is 3. The maximum absolute atomic E-state index is 12.0. The summed E-state index contributed by atoms with van der Waals surface area (Å²) in [5, 5.41) is 5.29. The van der Waals surface area contributed by atoms with Crippen molar-refractivity contribution in [1.82, 2.24) is 10.6 Å². The van der Waals surface area contributed by atoms with E-state index in [-0.39, 0.29) is 17.2 Å². The second-order valence-electron chi connectivity index (χ2n) is 6.15. The van der Waals surface area contributed by atoms with Gasteiger partial charge in [-0.25, -0.2) is 0 Å². The predicted octanol–water partition coefficient (Wildman–Crippen LogP) is 0.637. The Kier molecular flexibility index (Phi) is 6.32. The standard InChI is InChI=1S/C13H27N3O2/c1-8(2)7-9(11(17)15-6)16-12(18)10(14)13(3,4)5/h8-10H,7,14H2,1-6H3,(H,15,17)(H,16,18). The van der Waals surface area contributed by atoms with Crippen LogP contribution in [0.1, 0.15) is 41.0 Å². The Balaban J connectivity index is 4.68. The van der Waals surface area contributed by atoms with Crippen molar-refractivity contribution < 1.29 is 9.59 Å². The third-order valence-electron chi connectivity index (χ3n) is 2.80. The van der Waals surface area contributed by atoms with Crippen molar-refractivity contribution in [3.05, 3.63) is 0 Å². The van der Waals surface area contributed by atoms with E-state index in [1.807, 2.05) is 34.6 Å². The van der Waals surface area contributed by atoms with Gasteiger partial charge in [0.2, 0.25) is 11.8 Å². The van der Waals surface area contributed by atoms with Gasteiger partial charge in [-0.1, -0.05) is 34.6 Å². The number of nitrogens with two attached hydrogens (primary N) is 1. The molecule has 0 fully saturated rings. The summed E-state index contributed by atoms with van der Waals surface area (Å²) < 4.78 is 0. The molecule has 4 N–H and O–H groups in total. The highest BCUT2D eigenvalue weighted by atomic mass is 16.2. The zero-order valence-electron chi connectivity index (χ0n) is 12.3. The first-order chi connectivity index (χ1) is 8.09. The topological polar surface area (TPSA) is 84.2 Å². The molecular weight excluding hydrogens is 230 g/mol. The first kappa shape index (κ1) is 16.9. The lowest BCUT2D eigenvalue weighted by Crippen LogP contribution is -2.55. The molecule has 0 heterocycles. The average molecular weight is 257 g/mol. The lowest BCUT2D eigenvalue weighted by molar-refractivity contribution is -0.131. The summed E-state index contributed by atoms with van der Waals surface area (Å²) in [6.45, 7) is 9.70. The quantitative estimate of drug-likeness (QED) is 0.675. The third kappa shape index (κ3) is 5.49. The highest BCUT2D eigenvalue weighted by Crippen LogP contribution is 2.17. The van der Waals surface area contributed by atoms with Crippen LogP contribution in [-0.4, -0.2) is 30.9 Å². The highest BCUT2D eigenvalue weighted by molar-refractivity contribution is 5.89. The van der Waals surface area contributed by atoms with Gasteiger partial charge >= 0.3 is 0 Å². The molecule has 106 valence electrons. The Morgan fingerprint density at radius 3 is 2.00 bits per heavy atom. The van der Waals surface area contributed by atoms with Gasteiger partial charge in [0.1, 0.15) is 6.04 Å². The molecule has 2 unspecified atom stereocenters. The largest absolute Gasteiger partial charge is 0.357 e. The lowest BCUT2D eigenvalue weighted by Gasteiger charge is -2.28. The Morgan fingerprint density at radius 2 is 1.67 bits per heavy atom. The third-order valence-corrected chi connectivity index (χ3v) is 2.80. The van der Waals surface area contributed by atoms with Gasteiger partial charge in [0.15, 0.2) is 0 Å². The molecule has 5 nitrogen and oxygen atoms in total. The van der Waals surface area contributed by atoms with Gasteiger partial charge in [-0.3, -0.25) is 9.59 Å². The van der Waals surface area contributed by atoms with Crippen molar-refractivity contribution in [3.8, 4) is 0 Å². The molecule has 2 amide bonds. The van der Waals surface area contributed by atoms with Crippen LogP contribution in [0.25, 0.3) is 0 Å². The Labute approximate surface area is 110 Å². The van der Waals surface area contributed by atoms with Crippen LogP contribution in [0.15, 0.2) is 0 Å². The van der Waals surface area contributed by atoms with Gasteiger partial charge in [0, 0.05) is 7.05 Å². The highest BCUT2D eigenvalue weighted by Gasteiger charge is 2.30. The number of rotatable bonds is 5. The van der Waals surface area contributed by atoms with Crippen LogP contribution in [0.2, 0.25) is 0 Å². The fraction of sp³-hybridized carbons (Fsp3) is 0.846. The van der Waals surface area contributed by atoms with Gasteiger partial charge in [-0.2, -0.15) is 0 Å². The van der Waals surface area contributed by atoms with Gasteiger partial charge < -0.3 is 16.4 Å². The molecule has 0 saturated carbocycles. The summed E-state index contributed by atoms with van der Waals surface area (Å²) in [7, 11) is 1.56. The van der Waals surface area contributed by atoms with Crippen LogP contribution in [0.5, 0.6) is 0 Å². The predicted molar refractivity (Wildman–Crippen MR) is 72.9 cm³/mol. The van der Waals surface area contributed by atoms with Crippen molar-refractivity contribution in [3.63, 3.8) is 0 Å². The number of amides is 2. The van der Waals surface area contributed by atoms with E-state index < -0.39 is 12.1 Å². The van der Waals surface area contributed by atoms with Gasteiger partial charge in [-0.15, -0.1) is 0 Å². The molecule has 0 saturated heterocycles. The van der Waals surface area contributed by atoms with Gasteiger partial charge in [-0.05, 0) is 17.8 Å². The number of nitrogens with one attached hydrogen (secondary N) is 2. The van der Waals surface area contributed by atoms with Crippen LogP contribution >= 0.6 is 0 Å². The van der Waals surface area contributed by atoms with Gasteiger partial charge in [0.25, 0.3) is 0 Å². The second kappa shape index (κ2) is 6.73. The lowest BCUT2D eigenvalue weighted by atomic mass is 9.86. The van der Waals surface area contributed by atoms with Crippen molar-refractivity contribution in [2.45, 2.75) is 53.1 Å². The van der Waals surface area contributed by atoms with E-state index in [1.165, 1.54) is 0 Å². The molecule has 0 aliphatic rings. The summed E-state index contributed by atoms with van der Waals surface area (Å²) in [4.78, 5) is 23.7. The van der Waals surface area contributed by atoms with Crippen LogP contribution < -0.4 is 16.4 Å². The van der Waals surface area contributed by atoms with Crippen LogP contribution in [0.3, 0.4) is 0 Å². The van der Waals surface area contributed by atoms with E-state index in [4.69, 9.17) is 5.73 Å². The number of carbonyl (C=O) groups excluding carboxylic acids is 2. The number of carbonyl (C=O) groups is 2. The summed E-state index contributed by atoms with van der Waals surface area (Å²) in [6, 6.07) is -1.15. The fourth-order valence-corrected chi connectivity index (χ4v) is 1.53. The van der Waals surface area contributed by atoms with E-state index in [1.54, 1.807) is 7.05 Å². The smallest absolute Gasteiger partial charge is 0.242 e. The summed E-state index contributed by atoms with van der Waals surface area (Å²) in [5.41, 5.74) is 5.55. The molecule has 0 aromatic carbocycles. The minimum atomic E-state index is -0.628. The maximum atomic E-state index is 12.0. The normalized spacial score (nSPS) is 15.1. The van der Waals surface area contributed by atoms with Crippen LogP contribution in [0.4, 0.5) is 0 Å². The molecule has 0 aromatic heterocycles. The Morgan fingerprint density at radius 1 is 1.17 bits per heavy atom.